The van der Waals surface area contributed by atoms with Crippen molar-refractivity contribution in [2.45, 2.75) is 32.7 Å². The molecule has 0 aromatic heterocycles. The Morgan fingerprint density at radius 2 is 2.00 bits per heavy atom. The molecule has 18 heavy (non-hydrogen) atoms. The average Bonchev–Trinajstić information content (AvgIpc) is 2.41. The van der Waals surface area contributed by atoms with Crippen LogP contribution in [0, 0.1) is 0 Å². The molecule has 1 aromatic carbocycles. The van der Waals surface area contributed by atoms with Crippen LogP contribution in [0.4, 0.5) is 0 Å². The topological polar surface area (TPSA) is 21.3 Å². The van der Waals surface area contributed by atoms with E-state index in [1.807, 2.05) is 17.8 Å². The number of para-hydroxylation sites is 1. The van der Waals surface area contributed by atoms with E-state index in [1.165, 1.54) is 5.56 Å². The summed E-state index contributed by atoms with van der Waals surface area (Å²) in [5.41, 5.74) is 1.29. The van der Waals surface area contributed by atoms with Gasteiger partial charge in [-0.25, -0.2) is 0 Å². The molecule has 0 amide bonds. The molecule has 0 aliphatic carbocycles. The molecule has 0 aliphatic heterocycles. The SMILES string of the molecule is CCCNC(CSC)c1ccccc1OCCC. The van der Waals surface area contributed by atoms with E-state index >= 15 is 0 Å². The molecule has 0 saturated carbocycles. The van der Waals surface area contributed by atoms with Crippen molar-refractivity contribution in [2.75, 3.05) is 25.2 Å². The maximum Gasteiger partial charge on any atom is 0.124 e. The van der Waals surface area contributed by atoms with Gasteiger partial charge in [0, 0.05) is 17.4 Å². The summed E-state index contributed by atoms with van der Waals surface area (Å²) in [6.07, 6.45) is 4.35. The molecule has 0 saturated heterocycles. The zero-order valence-corrected chi connectivity index (χ0v) is 12.6. The van der Waals surface area contributed by atoms with Gasteiger partial charge in [0.25, 0.3) is 0 Å². The highest BCUT2D eigenvalue weighted by Crippen LogP contribution is 2.27. The van der Waals surface area contributed by atoms with Crippen LogP contribution in [0.15, 0.2) is 24.3 Å². The molecule has 0 heterocycles. The molecule has 0 aliphatic rings. The third kappa shape index (κ3) is 4.91. The van der Waals surface area contributed by atoms with Gasteiger partial charge < -0.3 is 10.1 Å². The van der Waals surface area contributed by atoms with E-state index < -0.39 is 0 Å². The predicted molar refractivity (Wildman–Crippen MR) is 81.6 cm³/mol. The maximum atomic E-state index is 5.84. The van der Waals surface area contributed by atoms with Gasteiger partial charge in [-0.2, -0.15) is 11.8 Å². The average molecular weight is 267 g/mol. The van der Waals surface area contributed by atoms with Gasteiger partial charge in [0.2, 0.25) is 0 Å². The van der Waals surface area contributed by atoms with Gasteiger partial charge >= 0.3 is 0 Å². The molecule has 1 rings (SSSR count). The molecule has 102 valence electrons. The molecule has 1 unspecified atom stereocenters. The first kappa shape index (κ1) is 15.4. The van der Waals surface area contributed by atoms with Crippen molar-refractivity contribution in [3.05, 3.63) is 29.8 Å². The minimum atomic E-state index is 0.382. The molecule has 1 atom stereocenters. The molecule has 0 bridgehead atoms. The number of benzene rings is 1. The summed E-state index contributed by atoms with van der Waals surface area (Å²) in [7, 11) is 0. The number of rotatable bonds is 9. The second kappa shape index (κ2) is 9.29. The molecular weight excluding hydrogens is 242 g/mol. The van der Waals surface area contributed by atoms with Crippen molar-refractivity contribution in [3.63, 3.8) is 0 Å². The zero-order valence-electron chi connectivity index (χ0n) is 11.7. The summed E-state index contributed by atoms with van der Waals surface area (Å²) in [4.78, 5) is 0. The Bertz CT molecular complexity index is 330. The Balaban J connectivity index is 2.80. The number of nitrogens with one attached hydrogen (secondary N) is 1. The summed E-state index contributed by atoms with van der Waals surface area (Å²) in [6, 6.07) is 8.77. The van der Waals surface area contributed by atoms with Crippen molar-refractivity contribution in [3.8, 4) is 5.75 Å². The van der Waals surface area contributed by atoms with E-state index in [-0.39, 0.29) is 0 Å². The van der Waals surface area contributed by atoms with E-state index in [2.05, 4.69) is 43.6 Å². The van der Waals surface area contributed by atoms with Gasteiger partial charge in [-0.05, 0) is 31.7 Å². The van der Waals surface area contributed by atoms with Crippen molar-refractivity contribution in [1.29, 1.82) is 0 Å². The minimum absolute atomic E-state index is 0.382. The minimum Gasteiger partial charge on any atom is -0.493 e. The zero-order chi connectivity index (χ0) is 13.2. The molecular formula is C15H25NOS. The van der Waals surface area contributed by atoms with Crippen LogP contribution >= 0.6 is 11.8 Å². The lowest BCUT2D eigenvalue weighted by Gasteiger charge is -2.21. The molecule has 0 fully saturated rings. The van der Waals surface area contributed by atoms with Crippen molar-refractivity contribution in [2.24, 2.45) is 0 Å². The highest BCUT2D eigenvalue weighted by atomic mass is 32.2. The predicted octanol–water partition coefficient (Wildman–Crippen LogP) is 3.88. The Hall–Kier alpha value is -0.670. The second-order valence-electron chi connectivity index (χ2n) is 4.35. The molecule has 0 spiro atoms. The number of thioether (sulfide) groups is 1. The van der Waals surface area contributed by atoms with Gasteiger partial charge in [-0.1, -0.05) is 32.0 Å². The summed E-state index contributed by atoms with van der Waals surface area (Å²) in [5.74, 6) is 2.11. The number of hydrogen-bond acceptors (Lipinski definition) is 3. The summed E-state index contributed by atoms with van der Waals surface area (Å²) < 4.78 is 5.84. The van der Waals surface area contributed by atoms with Crippen LogP contribution in [0.25, 0.3) is 0 Å². The number of hydrogen-bond donors (Lipinski definition) is 1. The van der Waals surface area contributed by atoms with E-state index in [0.717, 1.165) is 37.5 Å². The molecule has 0 radical (unpaired) electrons. The summed E-state index contributed by atoms with van der Waals surface area (Å²) >= 11 is 1.87. The molecule has 1 aromatic rings. The van der Waals surface area contributed by atoms with E-state index in [4.69, 9.17) is 4.74 Å². The molecule has 3 heteroatoms. The monoisotopic (exact) mass is 267 g/mol. The Kier molecular flexibility index (Phi) is 7.94. The van der Waals surface area contributed by atoms with Crippen LogP contribution in [0.5, 0.6) is 5.75 Å². The highest BCUT2D eigenvalue weighted by molar-refractivity contribution is 7.98. The Morgan fingerprint density at radius 3 is 2.67 bits per heavy atom. The fourth-order valence-corrected chi connectivity index (χ4v) is 2.49. The number of ether oxygens (including phenoxy) is 1. The van der Waals surface area contributed by atoms with Crippen molar-refractivity contribution >= 4 is 11.8 Å². The Labute approximate surface area is 116 Å². The van der Waals surface area contributed by atoms with Gasteiger partial charge in [-0.15, -0.1) is 0 Å². The fraction of sp³-hybridized carbons (Fsp3) is 0.600. The van der Waals surface area contributed by atoms with Crippen LogP contribution < -0.4 is 10.1 Å². The van der Waals surface area contributed by atoms with Crippen LogP contribution in [0.1, 0.15) is 38.3 Å². The molecule has 2 nitrogen and oxygen atoms in total. The van der Waals surface area contributed by atoms with Crippen LogP contribution in [-0.2, 0) is 0 Å². The third-order valence-corrected chi connectivity index (χ3v) is 3.40. The van der Waals surface area contributed by atoms with E-state index in [0.29, 0.717) is 6.04 Å². The normalized spacial score (nSPS) is 12.4. The van der Waals surface area contributed by atoms with Crippen molar-refractivity contribution < 1.29 is 4.74 Å². The highest BCUT2D eigenvalue weighted by Gasteiger charge is 2.14. The maximum absolute atomic E-state index is 5.84. The first-order chi connectivity index (χ1) is 8.83. The van der Waals surface area contributed by atoms with E-state index in [9.17, 15) is 0 Å². The van der Waals surface area contributed by atoms with E-state index in [1.54, 1.807) is 0 Å². The lowest BCUT2D eigenvalue weighted by Crippen LogP contribution is -2.24. The van der Waals surface area contributed by atoms with Crippen LogP contribution in [0.3, 0.4) is 0 Å². The summed E-state index contributed by atoms with van der Waals surface area (Å²) in [5, 5.41) is 3.60. The van der Waals surface area contributed by atoms with Crippen LogP contribution in [0.2, 0.25) is 0 Å². The van der Waals surface area contributed by atoms with Crippen LogP contribution in [-0.4, -0.2) is 25.2 Å². The molecule has 1 N–H and O–H groups in total. The first-order valence-corrected chi connectivity index (χ1v) is 8.16. The quantitative estimate of drug-likeness (QED) is 0.733. The largest absolute Gasteiger partial charge is 0.493 e. The smallest absolute Gasteiger partial charge is 0.124 e. The Morgan fingerprint density at radius 1 is 1.22 bits per heavy atom. The van der Waals surface area contributed by atoms with Crippen molar-refractivity contribution in [1.82, 2.24) is 5.32 Å². The third-order valence-electron chi connectivity index (χ3n) is 2.73. The van der Waals surface area contributed by atoms with Gasteiger partial charge in [0.15, 0.2) is 0 Å². The first-order valence-electron chi connectivity index (χ1n) is 6.77. The standard InChI is InChI=1S/C15H25NOS/c1-4-10-16-14(12-18-3)13-8-6-7-9-15(13)17-11-5-2/h6-9,14,16H,4-5,10-12H2,1-3H3. The van der Waals surface area contributed by atoms with Gasteiger partial charge in [0.1, 0.15) is 5.75 Å². The second-order valence-corrected chi connectivity index (χ2v) is 5.26. The lowest BCUT2D eigenvalue weighted by molar-refractivity contribution is 0.311. The van der Waals surface area contributed by atoms with Gasteiger partial charge in [0.05, 0.1) is 6.61 Å². The lowest BCUT2D eigenvalue weighted by atomic mass is 10.1. The van der Waals surface area contributed by atoms with Gasteiger partial charge in [-0.3, -0.25) is 0 Å². The fourth-order valence-electron chi connectivity index (χ4n) is 1.86. The summed E-state index contributed by atoms with van der Waals surface area (Å²) in [6.45, 7) is 6.17.